The van der Waals surface area contributed by atoms with Gasteiger partial charge >= 0.3 is 0 Å². The van der Waals surface area contributed by atoms with Crippen molar-refractivity contribution in [2.24, 2.45) is 0 Å². The fraction of sp³-hybridized carbons (Fsp3) is 0.316. The van der Waals surface area contributed by atoms with Crippen LogP contribution in [0.1, 0.15) is 13.8 Å². The van der Waals surface area contributed by atoms with Gasteiger partial charge in [0.25, 0.3) is 0 Å². The molecule has 4 rings (SSSR count). The highest BCUT2D eigenvalue weighted by Crippen LogP contribution is 2.39. The molecule has 0 saturated heterocycles. The number of anilines is 1. The highest BCUT2D eigenvalue weighted by Gasteiger charge is 2.15. The van der Waals surface area contributed by atoms with E-state index in [2.05, 4.69) is 34.6 Å². The Morgan fingerprint density at radius 1 is 1.15 bits per heavy atom. The van der Waals surface area contributed by atoms with Crippen molar-refractivity contribution in [1.29, 1.82) is 0 Å². The Balaban J connectivity index is 0.00000131. The van der Waals surface area contributed by atoms with Crippen molar-refractivity contribution in [2.45, 2.75) is 20.4 Å². The molecule has 0 spiro atoms. The molecule has 0 bridgehead atoms. The Morgan fingerprint density at radius 3 is 2.59 bits per heavy atom. The fourth-order valence-corrected chi connectivity index (χ4v) is 4.64. The number of aromatic nitrogens is 2. The minimum absolute atomic E-state index is 0. The zero-order valence-corrected chi connectivity index (χ0v) is 19.6. The van der Waals surface area contributed by atoms with Crippen molar-refractivity contribution in [3.05, 3.63) is 40.6 Å². The predicted octanol–water partition coefficient (Wildman–Crippen LogP) is 4.78. The van der Waals surface area contributed by atoms with E-state index in [1.807, 2.05) is 12.1 Å². The first-order valence-electron chi connectivity index (χ1n) is 8.68. The maximum absolute atomic E-state index is 11.8. The van der Waals surface area contributed by atoms with Crippen molar-refractivity contribution in [3.8, 4) is 0 Å². The molecule has 4 aromatic rings. The van der Waals surface area contributed by atoms with Gasteiger partial charge in [-0.2, -0.15) is 0 Å². The Bertz CT molecular complexity index is 1130. The molecule has 2 heterocycles. The van der Waals surface area contributed by atoms with Gasteiger partial charge in [-0.05, 0) is 37.4 Å². The number of benzene rings is 2. The van der Waals surface area contributed by atoms with E-state index in [1.165, 1.54) is 0 Å². The van der Waals surface area contributed by atoms with Crippen molar-refractivity contribution < 1.29 is 0 Å². The summed E-state index contributed by atoms with van der Waals surface area (Å²) >= 11 is 1.59. The lowest BCUT2D eigenvalue weighted by Crippen LogP contribution is -2.27. The van der Waals surface area contributed by atoms with Gasteiger partial charge < -0.3 is 10.6 Å². The molecule has 5 nitrogen and oxygen atoms in total. The summed E-state index contributed by atoms with van der Waals surface area (Å²) in [6, 6.07) is 9.29. The third-order valence-electron chi connectivity index (χ3n) is 4.92. The van der Waals surface area contributed by atoms with E-state index in [1.54, 1.807) is 23.5 Å². The zero-order valence-electron chi connectivity index (χ0n) is 15.3. The number of aromatic amines is 1. The number of rotatable bonds is 5. The second-order valence-electron chi connectivity index (χ2n) is 6.30. The van der Waals surface area contributed by atoms with Gasteiger partial charge in [-0.25, -0.2) is 0 Å². The molecule has 0 unspecified atom stereocenters. The first kappa shape index (κ1) is 21.9. The third kappa shape index (κ3) is 3.81. The average Bonchev–Trinajstić information content (AvgIpc) is 2.98. The summed E-state index contributed by atoms with van der Waals surface area (Å²) < 4.78 is 4.22. The number of nitrogen functional groups attached to an aromatic ring is 1. The van der Waals surface area contributed by atoms with Crippen LogP contribution >= 0.6 is 45.3 Å². The SMILES string of the molecule is Br.Br.CCN(CC)CCn1[nH]c2c3ccc(=O)cc3sc3c(N)ccc1c32. The minimum Gasteiger partial charge on any atom is -0.398 e. The molecule has 3 N–H and O–H groups in total. The molecule has 2 aromatic heterocycles. The number of nitrogens with two attached hydrogens (primary N) is 1. The Kier molecular flexibility index (Phi) is 7.13. The highest BCUT2D eigenvalue weighted by atomic mass is 79.9. The van der Waals surface area contributed by atoms with Crippen molar-refractivity contribution in [1.82, 2.24) is 14.7 Å². The molecule has 146 valence electrons. The van der Waals surface area contributed by atoms with E-state index >= 15 is 0 Å². The summed E-state index contributed by atoms with van der Waals surface area (Å²) in [5.41, 5.74) is 9.25. The molecule has 2 aromatic carbocycles. The number of hydrogen-bond acceptors (Lipinski definition) is 4. The smallest absolute Gasteiger partial charge is 0.180 e. The molecule has 0 aliphatic rings. The van der Waals surface area contributed by atoms with Gasteiger partial charge in [-0.1, -0.05) is 13.8 Å². The maximum atomic E-state index is 11.8. The predicted molar refractivity (Wildman–Crippen MR) is 128 cm³/mol. The van der Waals surface area contributed by atoms with E-state index in [4.69, 9.17) is 5.73 Å². The normalized spacial score (nSPS) is 11.2. The van der Waals surface area contributed by atoms with Crippen molar-refractivity contribution in [2.75, 3.05) is 25.4 Å². The molecule has 0 aliphatic heterocycles. The number of hydrogen-bond donors (Lipinski definition) is 2. The number of H-pyrrole nitrogens is 1. The quantitative estimate of drug-likeness (QED) is 0.297. The van der Waals surface area contributed by atoms with Gasteiger partial charge in [0, 0.05) is 33.8 Å². The molecule has 0 aliphatic carbocycles. The first-order valence-corrected chi connectivity index (χ1v) is 9.49. The molecule has 0 atom stereocenters. The minimum atomic E-state index is 0. The monoisotopic (exact) mass is 514 g/mol. The number of likely N-dealkylation sites (N-methyl/N-ethyl adjacent to an activating group) is 1. The van der Waals surface area contributed by atoms with Crippen LogP contribution in [0, 0.1) is 0 Å². The van der Waals surface area contributed by atoms with E-state index in [-0.39, 0.29) is 39.4 Å². The molecule has 0 fully saturated rings. The zero-order chi connectivity index (χ0) is 17.6. The lowest BCUT2D eigenvalue weighted by atomic mass is 10.1. The standard InChI is InChI=1S/C19H22N4OS.2BrH/c1-3-22(4-2)9-10-23-15-8-7-14(20)19-17(15)18(21-23)13-6-5-12(24)11-16(13)25-19;;/h5-8,11,21H,3-4,9-10,20H2,1-2H3;2*1H. The van der Waals surface area contributed by atoms with Gasteiger partial charge in [0.2, 0.25) is 0 Å². The Morgan fingerprint density at radius 2 is 1.89 bits per heavy atom. The summed E-state index contributed by atoms with van der Waals surface area (Å²) in [6.07, 6.45) is 0. The topological polar surface area (TPSA) is 67.0 Å². The van der Waals surface area contributed by atoms with Gasteiger partial charge in [0.05, 0.1) is 22.3 Å². The van der Waals surface area contributed by atoms with Gasteiger partial charge in [-0.15, -0.1) is 45.3 Å². The molecule has 27 heavy (non-hydrogen) atoms. The first-order chi connectivity index (χ1) is 12.1. The van der Waals surface area contributed by atoms with Crippen LogP contribution in [0.2, 0.25) is 0 Å². The highest BCUT2D eigenvalue weighted by molar-refractivity contribution is 8.93. The lowest BCUT2D eigenvalue weighted by molar-refractivity contribution is 0.287. The number of nitrogens with one attached hydrogen (secondary N) is 1. The Hall–Kier alpha value is -1.35. The summed E-state index contributed by atoms with van der Waals surface area (Å²) in [7, 11) is 0. The second kappa shape index (κ2) is 8.77. The van der Waals surface area contributed by atoms with Crippen molar-refractivity contribution in [3.63, 3.8) is 0 Å². The van der Waals surface area contributed by atoms with Crippen LogP contribution in [0.4, 0.5) is 5.69 Å². The number of nitrogens with zero attached hydrogens (tertiary/aromatic N) is 2. The molecule has 0 saturated carbocycles. The van der Waals surface area contributed by atoms with E-state index in [0.29, 0.717) is 0 Å². The van der Waals surface area contributed by atoms with E-state index in [0.717, 1.165) is 63.1 Å². The van der Waals surface area contributed by atoms with Crippen LogP contribution in [0.25, 0.3) is 31.2 Å². The van der Waals surface area contributed by atoms with Crippen LogP contribution in [-0.2, 0) is 6.54 Å². The van der Waals surface area contributed by atoms with Gasteiger partial charge in [0.15, 0.2) is 5.43 Å². The summed E-state index contributed by atoms with van der Waals surface area (Å²) in [5.74, 6) is 0. The molecule has 0 amide bonds. The largest absolute Gasteiger partial charge is 0.398 e. The van der Waals surface area contributed by atoms with Gasteiger partial charge in [0.1, 0.15) is 0 Å². The fourth-order valence-electron chi connectivity index (χ4n) is 3.47. The number of fused-ring (bicyclic) bond motifs is 2. The average molecular weight is 516 g/mol. The molecule has 0 radical (unpaired) electrons. The lowest BCUT2D eigenvalue weighted by Gasteiger charge is -2.18. The van der Waals surface area contributed by atoms with Crippen LogP contribution < -0.4 is 11.2 Å². The van der Waals surface area contributed by atoms with Crippen molar-refractivity contribution >= 4 is 82.2 Å². The molecular formula is C19H24Br2N4OS. The summed E-state index contributed by atoms with van der Waals surface area (Å²) in [5, 5.41) is 5.80. The molecular weight excluding hydrogens is 492 g/mol. The van der Waals surface area contributed by atoms with E-state index < -0.39 is 0 Å². The maximum Gasteiger partial charge on any atom is 0.180 e. The molecule has 8 heteroatoms. The second-order valence-corrected chi connectivity index (χ2v) is 7.36. The van der Waals surface area contributed by atoms with Gasteiger partial charge in [-0.3, -0.25) is 14.6 Å². The summed E-state index contributed by atoms with van der Waals surface area (Å²) in [4.78, 5) is 14.2. The van der Waals surface area contributed by atoms with Crippen LogP contribution in [-0.4, -0.2) is 34.3 Å². The van der Waals surface area contributed by atoms with E-state index in [9.17, 15) is 4.79 Å². The van der Waals surface area contributed by atoms with Crippen LogP contribution in [0.3, 0.4) is 0 Å². The summed E-state index contributed by atoms with van der Waals surface area (Å²) in [6.45, 7) is 8.35. The van der Waals surface area contributed by atoms with Crippen LogP contribution in [0.5, 0.6) is 0 Å². The number of halogens is 2. The Labute approximate surface area is 182 Å². The van der Waals surface area contributed by atoms with Crippen LogP contribution in [0.15, 0.2) is 35.1 Å². The third-order valence-corrected chi connectivity index (χ3v) is 6.12.